The second-order valence-corrected chi connectivity index (χ2v) is 6.43. The summed E-state index contributed by atoms with van der Waals surface area (Å²) in [4.78, 5) is 47.8. The molecule has 0 aliphatic heterocycles. The molecule has 9 heteroatoms. The van der Waals surface area contributed by atoms with Gasteiger partial charge in [0.25, 0.3) is 11.8 Å². The highest BCUT2D eigenvalue weighted by atomic mass is 16.5. The summed E-state index contributed by atoms with van der Waals surface area (Å²) in [5.41, 5.74) is 2.84. The topological polar surface area (TPSA) is 137 Å². The Labute approximate surface area is 173 Å². The second kappa shape index (κ2) is 12.0. The van der Waals surface area contributed by atoms with E-state index in [4.69, 9.17) is 5.21 Å². The maximum absolute atomic E-state index is 12.1. The number of carbonyl (C=O) groups is 4. The van der Waals surface area contributed by atoms with E-state index in [1.807, 2.05) is 30.3 Å². The lowest BCUT2D eigenvalue weighted by Crippen LogP contribution is -2.53. The molecule has 0 bridgehead atoms. The first-order valence-electron chi connectivity index (χ1n) is 9.36. The molecule has 0 unspecified atom stereocenters. The van der Waals surface area contributed by atoms with Gasteiger partial charge in [-0.05, 0) is 24.1 Å². The van der Waals surface area contributed by atoms with Crippen LogP contribution in [0, 0.1) is 0 Å². The zero-order valence-electron chi connectivity index (χ0n) is 16.3. The Morgan fingerprint density at radius 2 is 1.47 bits per heavy atom. The highest BCUT2D eigenvalue weighted by molar-refractivity contribution is 5.97. The molecule has 0 aliphatic rings. The average molecular weight is 412 g/mol. The number of hydroxylamine groups is 1. The minimum absolute atomic E-state index is 0.207. The van der Waals surface area contributed by atoms with Gasteiger partial charge in [0, 0.05) is 18.5 Å². The van der Waals surface area contributed by atoms with E-state index in [0.717, 1.165) is 5.56 Å². The molecule has 0 aromatic heterocycles. The van der Waals surface area contributed by atoms with E-state index in [-0.39, 0.29) is 25.4 Å². The maximum Gasteiger partial charge on any atom is 0.267 e. The van der Waals surface area contributed by atoms with Crippen LogP contribution in [-0.2, 0) is 20.8 Å². The standard InChI is InChI=1S/C21H24N4O5/c26-18(12-11-15-7-3-1-4-8-15)22-13-17(21(29)25-30)24-19(27)14-23-20(28)16-9-5-2-6-10-16/h1-10,17,30H,11-14H2,(H,22,26)(H,23,28)(H,24,27)(H,25,29)/t17-/m0/s1. The zero-order valence-corrected chi connectivity index (χ0v) is 16.3. The van der Waals surface area contributed by atoms with Crippen LogP contribution in [0.15, 0.2) is 60.7 Å². The van der Waals surface area contributed by atoms with Crippen molar-refractivity contribution < 1.29 is 24.4 Å². The molecule has 0 spiro atoms. The third-order valence-corrected chi connectivity index (χ3v) is 4.19. The molecule has 2 aromatic rings. The van der Waals surface area contributed by atoms with E-state index >= 15 is 0 Å². The molecule has 0 radical (unpaired) electrons. The van der Waals surface area contributed by atoms with E-state index in [9.17, 15) is 19.2 Å². The Kier molecular flexibility index (Phi) is 9.01. The van der Waals surface area contributed by atoms with Crippen LogP contribution in [0.4, 0.5) is 0 Å². The van der Waals surface area contributed by atoms with Crippen LogP contribution in [0.2, 0.25) is 0 Å². The van der Waals surface area contributed by atoms with E-state index in [0.29, 0.717) is 12.0 Å². The van der Waals surface area contributed by atoms with Crippen LogP contribution >= 0.6 is 0 Å². The van der Waals surface area contributed by atoms with Crippen molar-refractivity contribution in [2.75, 3.05) is 13.1 Å². The van der Waals surface area contributed by atoms with Crippen molar-refractivity contribution in [1.82, 2.24) is 21.4 Å². The van der Waals surface area contributed by atoms with E-state index in [1.54, 1.807) is 30.3 Å². The van der Waals surface area contributed by atoms with Crippen LogP contribution in [0.25, 0.3) is 0 Å². The molecule has 158 valence electrons. The quantitative estimate of drug-likeness (QED) is 0.280. The van der Waals surface area contributed by atoms with Gasteiger partial charge in [-0.2, -0.15) is 0 Å². The Balaban J connectivity index is 1.78. The number of amides is 4. The fraction of sp³-hybridized carbons (Fsp3) is 0.238. The van der Waals surface area contributed by atoms with Crippen molar-refractivity contribution in [3.05, 3.63) is 71.8 Å². The first-order chi connectivity index (χ1) is 14.5. The lowest BCUT2D eigenvalue weighted by Gasteiger charge is -2.17. The predicted octanol–water partition coefficient (Wildman–Crippen LogP) is 0.156. The summed E-state index contributed by atoms with van der Waals surface area (Å²) >= 11 is 0. The highest BCUT2D eigenvalue weighted by Crippen LogP contribution is 2.02. The number of rotatable bonds is 10. The van der Waals surface area contributed by atoms with Crippen molar-refractivity contribution in [2.45, 2.75) is 18.9 Å². The van der Waals surface area contributed by atoms with Crippen molar-refractivity contribution in [1.29, 1.82) is 0 Å². The van der Waals surface area contributed by atoms with Crippen LogP contribution in [0.5, 0.6) is 0 Å². The number of carbonyl (C=O) groups excluding carboxylic acids is 4. The van der Waals surface area contributed by atoms with Crippen LogP contribution in [0.3, 0.4) is 0 Å². The minimum Gasteiger partial charge on any atom is -0.353 e. The Hall–Kier alpha value is -3.72. The molecule has 2 rings (SSSR count). The average Bonchev–Trinajstić information content (AvgIpc) is 2.79. The largest absolute Gasteiger partial charge is 0.353 e. The van der Waals surface area contributed by atoms with Gasteiger partial charge in [-0.3, -0.25) is 24.4 Å². The molecule has 0 saturated carbocycles. The molecule has 1 atom stereocenters. The van der Waals surface area contributed by atoms with Gasteiger partial charge in [0.15, 0.2) is 0 Å². The van der Waals surface area contributed by atoms with Gasteiger partial charge in [0.2, 0.25) is 11.8 Å². The van der Waals surface area contributed by atoms with Crippen LogP contribution in [-0.4, -0.2) is 48.0 Å². The summed E-state index contributed by atoms with van der Waals surface area (Å²) < 4.78 is 0. The number of benzene rings is 2. The Bertz CT molecular complexity index is 858. The zero-order chi connectivity index (χ0) is 21.8. The number of hydrogen-bond acceptors (Lipinski definition) is 5. The van der Waals surface area contributed by atoms with E-state index in [1.165, 1.54) is 5.48 Å². The molecular weight excluding hydrogens is 388 g/mol. The highest BCUT2D eigenvalue weighted by Gasteiger charge is 2.21. The maximum atomic E-state index is 12.1. The fourth-order valence-corrected chi connectivity index (χ4v) is 2.59. The van der Waals surface area contributed by atoms with Gasteiger partial charge in [-0.15, -0.1) is 0 Å². The lowest BCUT2D eigenvalue weighted by atomic mass is 10.1. The second-order valence-electron chi connectivity index (χ2n) is 6.43. The first-order valence-corrected chi connectivity index (χ1v) is 9.36. The molecule has 0 aliphatic carbocycles. The third-order valence-electron chi connectivity index (χ3n) is 4.19. The van der Waals surface area contributed by atoms with Gasteiger partial charge in [-0.1, -0.05) is 48.5 Å². The van der Waals surface area contributed by atoms with Crippen molar-refractivity contribution in [2.24, 2.45) is 0 Å². The lowest BCUT2D eigenvalue weighted by molar-refractivity contribution is -0.134. The molecule has 9 nitrogen and oxygen atoms in total. The fourth-order valence-electron chi connectivity index (χ4n) is 2.59. The van der Waals surface area contributed by atoms with Crippen molar-refractivity contribution in [3.8, 4) is 0 Å². The van der Waals surface area contributed by atoms with Gasteiger partial charge >= 0.3 is 0 Å². The van der Waals surface area contributed by atoms with Gasteiger partial charge in [-0.25, -0.2) is 5.48 Å². The predicted molar refractivity (Wildman–Crippen MR) is 108 cm³/mol. The molecule has 30 heavy (non-hydrogen) atoms. The first kappa shape index (κ1) is 22.6. The summed E-state index contributed by atoms with van der Waals surface area (Å²) in [5.74, 6) is -2.28. The van der Waals surface area contributed by atoms with Crippen molar-refractivity contribution >= 4 is 23.6 Å². The summed E-state index contributed by atoms with van der Waals surface area (Å²) in [7, 11) is 0. The summed E-state index contributed by atoms with van der Waals surface area (Å²) in [6.45, 7) is -0.580. The summed E-state index contributed by atoms with van der Waals surface area (Å²) in [5, 5.41) is 16.2. The van der Waals surface area contributed by atoms with E-state index < -0.39 is 23.8 Å². The van der Waals surface area contributed by atoms with E-state index in [2.05, 4.69) is 16.0 Å². The number of nitrogens with one attached hydrogen (secondary N) is 4. The molecule has 0 heterocycles. The summed E-state index contributed by atoms with van der Waals surface area (Å²) in [6, 6.07) is 16.6. The third kappa shape index (κ3) is 7.72. The molecular formula is C21H24N4O5. The van der Waals surface area contributed by atoms with Gasteiger partial charge in [0.1, 0.15) is 6.04 Å². The van der Waals surface area contributed by atoms with Crippen LogP contribution < -0.4 is 21.4 Å². The molecule has 5 N–H and O–H groups in total. The smallest absolute Gasteiger partial charge is 0.267 e. The molecule has 0 fully saturated rings. The normalized spacial score (nSPS) is 11.1. The molecule has 2 aromatic carbocycles. The molecule has 4 amide bonds. The van der Waals surface area contributed by atoms with Gasteiger partial charge in [0.05, 0.1) is 6.54 Å². The molecule has 0 saturated heterocycles. The van der Waals surface area contributed by atoms with Gasteiger partial charge < -0.3 is 16.0 Å². The Morgan fingerprint density at radius 1 is 0.833 bits per heavy atom. The Morgan fingerprint density at radius 3 is 2.10 bits per heavy atom. The SMILES string of the molecule is O=C(CCc1ccccc1)NC[C@H](NC(=O)CNC(=O)c1ccccc1)C(=O)NO. The minimum atomic E-state index is -1.20. The van der Waals surface area contributed by atoms with Crippen molar-refractivity contribution in [3.63, 3.8) is 0 Å². The monoisotopic (exact) mass is 412 g/mol. The number of hydrogen-bond donors (Lipinski definition) is 5. The van der Waals surface area contributed by atoms with Crippen LogP contribution in [0.1, 0.15) is 22.3 Å². The summed E-state index contributed by atoms with van der Waals surface area (Å²) in [6.07, 6.45) is 0.736. The number of aryl methyl sites for hydroxylation is 1.